The minimum atomic E-state index is -0.822. The van der Waals surface area contributed by atoms with E-state index in [-0.39, 0.29) is 17.5 Å². The molecule has 4 N–H and O–H groups in total. The van der Waals surface area contributed by atoms with Gasteiger partial charge in [-0.25, -0.2) is 0 Å². The second kappa shape index (κ2) is 5.73. The molecule has 20 heavy (non-hydrogen) atoms. The van der Waals surface area contributed by atoms with Gasteiger partial charge in [0.1, 0.15) is 0 Å². The number of rotatable bonds is 4. The van der Waals surface area contributed by atoms with Crippen molar-refractivity contribution in [3.8, 4) is 0 Å². The summed E-state index contributed by atoms with van der Waals surface area (Å²) >= 11 is 0. The van der Waals surface area contributed by atoms with Gasteiger partial charge >= 0.3 is 5.97 Å². The maximum atomic E-state index is 12.0. The van der Waals surface area contributed by atoms with Crippen molar-refractivity contribution in [2.45, 2.75) is 25.3 Å². The first-order chi connectivity index (χ1) is 9.47. The quantitative estimate of drug-likeness (QED) is 0.754. The number of benzene rings is 1. The second-order valence-corrected chi connectivity index (χ2v) is 4.96. The molecule has 1 saturated carbocycles. The Bertz CT molecular complexity index is 556. The lowest BCUT2D eigenvalue weighted by molar-refractivity contribution is -0.141. The maximum absolute atomic E-state index is 12.0. The van der Waals surface area contributed by atoms with E-state index in [4.69, 9.17) is 10.8 Å². The molecule has 6 nitrogen and oxygen atoms in total. The largest absolute Gasteiger partial charge is 0.481 e. The summed E-state index contributed by atoms with van der Waals surface area (Å²) in [7, 11) is 0. The standard InChI is InChI=1S/C14H16N2O4/c15-12(17)8-2-1-3-9(6-8)13(18)16-11-5-4-10(7-11)14(19)20/h1-3,6,10-11H,4-5,7H2,(H2,15,17)(H,16,18)(H,19,20)/t10-,11+/m0/s1. The van der Waals surface area contributed by atoms with Gasteiger partial charge in [0.25, 0.3) is 5.91 Å². The molecule has 0 unspecified atom stereocenters. The van der Waals surface area contributed by atoms with E-state index < -0.39 is 17.8 Å². The van der Waals surface area contributed by atoms with Gasteiger partial charge in [-0.15, -0.1) is 0 Å². The molecule has 0 saturated heterocycles. The third-order valence-electron chi connectivity index (χ3n) is 3.53. The number of primary amides is 1. The highest BCUT2D eigenvalue weighted by Crippen LogP contribution is 2.25. The van der Waals surface area contributed by atoms with Crippen LogP contribution in [0.15, 0.2) is 24.3 Å². The van der Waals surface area contributed by atoms with Crippen LogP contribution in [0.5, 0.6) is 0 Å². The summed E-state index contributed by atoms with van der Waals surface area (Å²) in [5, 5.41) is 11.7. The van der Waals surface area contributed by atoms with Crippen LogP contribution >= 0.6 is 0 Å². The summed E-state index contributed by atoms with van der Waals surface area (Å²) in [6.45, 7) is 0. The Balaban J connectivity index is 2.00. The van der Waals surface area contributed by atoms with E-state index in [0.29, 0.717) is 24.8 Å². The van der Waals surface area contributed by atoms with Gasteiger partial charge in [0, 0.05) is 17.2 Å². The number of nitrogens with one attached hydrogen (secondary N) is 1. The summed E-state index contributed by atoms with van der Waals surface area (Å²) in [4.78, 5) is 34.0. The molecule has 1 fully saturated rings. The van der Waals surface area contributed by atoms with Gasteiger partial charge < -0.3 is 16.2 Å². The van der Waals surface area contributed by atoms with Crippen molar-refractivity contribution < 1.29 is 19.5 Å². The van der Waals surface area contributed by atoms with Crippen LogP contribution in [-0.2, 0) is 4.79 Å². The number of carboxylic acids is 1. The molecule has 1 aliphatic rings. The molecule has 1 aromatic carbocycles. The van der Waals surface area contributed by atoms with Gasteiger partial charge in [0.2, 0.25) is 5.91 Å². The monoisotopic (exact) mass is 276 g/mol. The van der Waals surface area contributed by atoms with Crippen LogP contribution in [0.1, 0.15) is 40.0 Å². The molecule has 1 aliphatic carbocycles. The van der Waals surface area contributed by atoms with Crippen molar-refractivity contribution >= 4 is 17.8 Å². The summed E-state index contributed by atoms with van der Waals surface area (Å²) < 4.78 is 0. The van der Waals surface area contributed by atoms with E-state index in [1.54, 1.807) is 12.1 Å². The topological polar surface area (TPSA) is 109 Å². The van der Waals surface area contributed by atoms with Crippen LogP contribution < -0.4 is 11.1 Å². The van der Waals surface area contributed by atoms with Gasteiger partial charge in [-0.05, 0) is 37.5 Å². The number of aliphatic carboxylic acids is 1. The van der Waals surface area contributed by atoms with Crippen molar-refractivity contribution in [3.63, 3.8) is 0 Å². The predicted octanol–water partition coefficient (Wildman–Crippen LogP) is 0.769. The smallest absolute Gasteiger partial charge is 0.306 e. The molecule has 2 rings (SSSR count). The molecule has 2 amide bonds. The number of hydrogen-bond acceptors (Lipinski definition) is 3. The first kappa shape index (κ1) is 14.0. The third kappa shape index (κ3) is 3.14. The van der Waals surface area contributed by atoms with Gasteiger partial charge in [0.15, 0.2) is 0 Å². The van der Waals surface area contributed by atoms with E-state index in [1.807, 2.05) is 0 Å². The van der Waals surface area contributed by atoms with Crippen LogP contribution in [0, 0.1) is 5.92 Å². The minimum absolute atomic E-state index is 0.138. The Hall–Kier alpha value is -2.37. The fourth-order valence-corrected chi connectivity index (χ4v) is 2.42. The van der Waals surface area contributed by atoms with Gasteiger partial charge in [-0.1, -0.05) is 6.07 Å². The third-order valence-corrected chi connectivity index (χ3v) is 3.53. The SMILES string of the molecule is NC(=O)c1cccc(C(=O)N[C@@H]2CC[C@H](C(=O)O)C2)c1. The van der Waals surface area contributed by atoms with E-state index in [2.05, 4.69) is 5.32 Å². The summed E-state index contributed by atoms with van der Waals surface area (Å²) in [6, 6.07) is 6.01. The molecule has 6 heteroatoms. The van der Waals surface area contributed by atoms with Crippen LogP contribution in [0.25, 0.3) is 0 Å². The molecule has 0 aliphatic heterocycles. The van der Waals surface area contributed by atoms with Crippen LogP contribution in [0.2, 0.25) is 0 Å². The van der Waals surface area contributed by atoms with E-state index in [9.17, 15) is 14.4 Å². The molecule has 0 heterocycles. The molecule has 2 atom stereocenters. The lowest BCUT2D eigenvalue weighted by atomic mass is 10.1. The van der Waals surface area contributed by atoms with Crippen LogP contribution in [0.4, 0.5) is 0 Å². The molecular weight excluding hydrogens is 260 g/mol. The van der Waals surface area contributed by atoms with Crippen LogP contribution in [-0.4, -0.2) is 28.9 Å². The molecule has 0 spiro atoms. The van der Waals surface area contributed by atoms with Gasteiger partial charge in [-0.3, -0.25) is 14.4 Å². The molecule has 1 aromatic rings. The highest BCUT2D eigenvalue weighted by molar-refractivity contribution is 5.99. The molecular formula is C14H16N2O4. The molecule has 106 valence electrons. The normalized spacial score (nSPS) is 21.4. The highest BCUT2D eigenvalue weighted by Gasteiger charge is 2.30. The lowest BCUT2D eigenvalue weighted by Gasteiger charge is -2.12. The van der Waals surface area contributed by atoms with Crippen molar-refractivity contribution in [1.29, 1.82) is 0 Å². The Morgan fingerprint density at radius 3 is 2.50 bits per heavy atom. The number of hydrogen-bond donors (Lipinski definition) is 3. The Morgan fingerprint density at radius 1 is 1.20 bits per heavy atom. The first-order valence-corrected chi connectivity index (χ1v) is 6.41. The minimum Gasteiger partial charge on any atom is -0.481 e. The van der Waals surface area contributed by atoms with Crippen molar-refractivity contribution in [2.75, 3.05) is 0 Å². The predicted molar refractivity (Wildman–Crippen MR) is 71.2 cm³/mol. The summed E-state index contributed by atoms with van der Waals surface area (Å²) in [6.07, 6.45) is 1.66. The molecule has 0 radical (unpaired) electrons. The molecule has 0 aromatic heterocycles. The Labute approximate surface area is 116 Å². The van der Waals surface area contributed by atoms with E-state index in [1.165, 1.54) is 12.1 Å². The number of nitrogens with two attached hydrogens (primary N) is 1. The van der Waals surface area contributed by atoms with Crippen LogP contribution in [0.3, 0.4) is 0 Å². The van der Waals surface area contributed by atoms with Crippen molar-refractivity contribution in [3.05, 3.63) is 35.4 Å². The zero-order valence-corrected chi connectivity index (χ0v) is 10.8. The van der Waals surface area contributed by atoms with Gasteiger partial charge in [0.05, 0.1) is 5.92 Å². The first-order valence-electron chi connectivity index (χ1n) is 6.41. The van der Waals surface area contributed by atoms with Crippen molar-refractivity contribution in [2.24, 2.45) is 11.7 Å². The molecule has 0 bridgehead atoms. The summed E-state index contributed by atoms with van der Waals surface area (Å²) in [5.74, 6) is -2.12. The van der Waals surface area contributed by atoms with E-state index in [0.717, 1.165) is 0 Å². The van der Waals surface area contributed by atoms with Crippen molar-refractivity contribution in [1.82, 2.24) is 5.32 Å². The number of carbonyl (C=O) groups is 3. The average Bonchev–Trinajstić information content (AvgIpc) is 2.87. The summed E-state index contributed by atoms with van der Waals surface area (Å²) in [5.41, 5.74) is 5.78. The average molecular weight is 276 g/mol. The number of carboxylic acid groups (broad SMARTS) is 1. The Kier molecular flexibility index (Phi) is 4.02. The lowest BCUT2D eigenvalue weighted by Crippen LogP contribution is -2.33. The number of carbonyl (C=O) groups excluding carboxylic acids is 2. The zero-order valence-electron chi connectivity index (χ0n) is 10.8. The fourth-order valence-electron chi connectivity index (χ4n) is 2.42. The second-order valence-electron chi connectivity index (χ2n) is 4.96. The number of amides is 2. The highest BCUT2D eigenvalue weighted by atomic mass is 16.4. The zero-order chi connectivity index (χ0) is 14.7. The maximum Gasteiger partial charge on any atom is 0.306 e. The Morgan fingerprint density at radius 2 is 1.90 bits per heavy atom. The van der Waals surface area contributed by atoms with E-state index >= 15 is 0 Å². The van der Waals surface area contributed by atoms with Gasteiger partial charge in [-0.2, -0.15) is 0 Å². The fraction of sp³-hybridized carbons (Fsp3) is 0.357.